The lowest BCUT2D eigenvalue weighted by Gasteiger charge is -2.06. The van der Waals surface area contributed by atoms with Crippen molar-refractivity contribution >= 4 is 37.7 Å². The zero-order chi connectivity index (χ0) is 12.8. The van der Waals surface area contributed by atoms with Crippen molar-refractivity contribution in [1.82, 2.24) is 4.98 Å². The van der Waals surface area contributed by atoms with Gasteiger partial charge in [-0.05, 0) is 41.4 Å². The zero-order valence-electron chi connectivity index (χ0n) is 9.87. The van der Waals surface area contributed by atoms with Crippen LogP contribution in [0.5, 0.6) is 0 Å². The maximum absolute atomic E-state index is 5.79. The van der Waals surface area contributed by atoms with Crippen LogP contribution in [0.25, 0.3) is 5.57 Å². The minimum absolute atomic E-state index is 0.613. The summed E-state index contributed by atoms with van der Waals surface area (Å²) in [5.74, 6) is 0. The number of aliphatic imine (C=N–C) groups is 1. The third-order valence-corrected chi connectivity index (χ3v) is 3.11. The Hall–Kier alpha value is -0.930. The van der Waals surface area contributed by atoms with E-state index in [0.717, 1.165) is 28.0 Å². The molecule has 4 heteroatoms. The molecule has 0 amide bonds. The van der Waals surface area contributed by atoms with E-state index in [9.17, 15) is 0 Å². The lowest BCUT2D eigenvalue weighted by atomic mass is 10.1. The van der Waals surface area contributed by atoms with Crippen molar-refractivity contribution in [3.8, 4) is 0 Å². The lowest BCUT2D eigenvalue weighted by molar-refractivity contribution is 1.24. The predicted octanol–water partition coefficient (Wildman–Crippen LogP) is 4.86. The van der Waals surface area contributed by atoms with Gasteiger partial charge in [-0.1, -0.05) is 31.2 Å². The fourth-order valence-corrected chi connectivity index (χ4v) is 1.50. The highest BCUT2D eigenvalue weighted by Gasteiger charge is 2.06. The van der Waals surface area contributed by atoms with Gasteiger partial charge in [-0.3, -0.25) is 4.98 Å². The van der Waals surface area contributed by atoms with E-state index in [1.54, 1.807) is 12.3 Å². The molecule has 0 unspecified atom stereocenters. The van der Waals surface area contributed by atoms with Gasteiger partial charge in [0.2, 0.25) is 0 Å². The topological polar surface area (TPSA) is 25.2 Å². The Balaban J connectivity index is 2.99. The van der Waals surface area contributed by atoms with Crippen LogP contribution < -0.4 is 0 Å². The van der Waals surface area contributed by atoms with E-state index in [4.69, 9.17) is 11.6 Å². The molecule has 0 aliphatic carbocycles. The Morgan fingerprint density at radius 3 is 2.76 bits per heavy atom. The van der Waals surface area contributed by atoms with Crippen molar-refractivity contribution in [3.63, 3.8) is 0 Å². The lowest BCUT2D eigenvalue weighted by Crippen LogP contribution is -1.92. The summed E-state index contributed by atoms with van der Waals surface area (Å²) in [6, 6.07) is 3.63. The van der Waals surface area contributed by atoms with Gasteiger partial charge in [-0.15, -0.1) is 0 Å². The Labute approximate surface area is 115 Å². The van der Waals surface area contributed by atoms with E-state index in [1.807, 2.05) is 26.0 Å². The van der Waals surface area contributed by atoms with Gasteiger partial charge in [0.25, 0.3) is 0 Å². The molecular formula is C13H14BrClN2. The molecule has 0 N–H and O–H groups in total. The molecule has 0 fully saturated rings. The molecule has 0 aromatic carbocycles. The quantitative estimate of drug-likeness (QED) is 0.576. The average molecular weight is 314 g/mol. The Morgan fingerprint density at radius 2 is 2.29 bits per heavy atom. The van der Waals surface area contributed by atoms with E-state index in [2.05, 4.69) is 32.5 Å². The van der Waals surface area contributed by atoms with Gasteiger partial charge >= 0.3 is 0 Å². The van der Waals surface area contributed by atoms with Crippen LogP contribution in [0.2, 0.25) is 5.02 Å². The molecule has 0 spiro atoms. The first-order chi connectivity index (χ1) is 8.08. The molecule has 1 heterocycles. The summed E-state index contributed by atoms with van der Waals surface area (Å²) in [4.78, 5) is 8.66. The Kier molecular flexibility index (Phi) is 5.59. The number of hydrogen-bond donors (Lipinski definition) is 0. The Bertz CT molecular complexity index is 461. The monoisotopic (exact) mass is 312 g/mol. The molecule has 1 aromatic rings. The van der Waals surface area contributed by atoms with Crippen LogP contribution in [0, 0.1) is 0 Å². The van der Waals surface area contributed by atoms with Crippen LogP contribution >= 0.6 is 27.5 Å². The van der Waals surface area contributed by atoms with Gasteiger partial charge < -0.3 is 0 Å². The van der Waals surface area contributed by atoms with Crippen molar-refractivity contribution in [2.24, 2.45) is 4.99 Å². The standard InChI is InChI=1S/C13H14BrClN2/c1-4-11(17-13(14)5-2)9(3)12-7-6-10(15)8-16-12/h4,6-8H,3,5H2,1-2H3/b11-4-,17-13?. The highest BCUT2D eigenvalue weighted by molar-refractivity contribution is 9.18. The molecule has 1 rings (SSSR count). The normalized spacial score (nSPS) is 12.7. The van der Waals surface area contributed by atoms with Gasteiger partial charge in [0.05, 0.1) is 21.0 Å². The van der Waals surface area contributed by atoms with Gasteiger partial charge in [-0.25, -0.2) is 4.99 Å². The summed E-state index contributed by atoms with van der Waals surface area (Å²) in [5, 5.41) is 0.613. The molecule has 0 aliphatic heterocycles. The first-order valence-electron chi connectivity index (χ1n) is 5.29. The van der Waals surface area contributed by atoms with Gasteiger partial charge in [-0.2, -0.15) is 0 Å². The second kappa shape index (κ2) is 6.72. The van der Waals surface area contributed by atoms with Crippen LogP contribution in [0.3, 0.4) is 0 Å². The molecule has 0 bridgehead atoms. The number of allylic oxidation sites excluding steroid dienone is 2. The van der Waals surface area contributed by atoms with Gasteiger partial charge in [0, 0.05) is 11.8 Å². The number of aromatic nitrogens is 1. The van der Waals surface area contributed by atoms with Crippen molar-refractivity contribution < 1.29 is 0 Å². The predicted molar refractivity (Wildman–Crippen MR) is 78.7 cm³/mol. The third-order valence-electron chi connectivity index (χ3n) is 2.15. The molecule has 0 aliphatic rings. The molecular weight excluding hydrogens is 300 g/mol. The fraction of sp³-hybridized carbons (Fsp3) is 0.231. The number of pyridine rings is 1. The number of halogens is 2. The average Bonchev–Trinajstić information content (AvgIpc) is 2.35. The first-order valence-corrected chi connectivity index (χ1v) is 6.46. The highest BCUT2D eigenvalue weighted by Crippen LogP contribution is 2.22. The van der Waals surface area contributed by atoms with Crippen LogP contribution in [-0.4, -0.2) is 9.60 Å². The van der Waals surface area contributed by atoms with Gasteiger partial charge in [0.15, 0.2) is 0 Å². The highest BCUT2D eigenvalue weighted by atomic mass is 79.9. The summed E-state index contributed by atoms with van der Waals surface area (Å²) in [6.45, 7) is 7.97. The summed E-state index contributed by atoms with van der Waals surface area (Å²) < 4.78 is 0.890. The number of rotatable bonds is 4. The van der Waals surface area contributed by atoms with E-state index in [-0.39, 0.29) is 0 Å². The van der Waals surface area contributed by atoms with Crippen molar-refractivity contribution in [2.75, 3.05) is 0 Å². The molecule has 0 atom stereocenters. The first kappa shape index (κ1) is 14.1. The molecule has 0 radical (unpaired) electrons. The summed E-state index contributed by atoms with van der Waals surface area (Å²) in [6.07, 6.45) is 4.36. The van der Waals surface area contributed by atoms with E-state index in [0.29, 0.717) is 5.02 Å². The van der Waals surface area contributed by atoms with Crippen LogP contribution in [0.1, 0.15) is 26.0 Å². The second-order valence-corrected chi connectivity index (χ2v) is 4.71. The second-order valence-electron chi connectivity index (χ2n) is 3.36. The number of nitrogens with zero attached hydrogens (tertiary/aromatic N) is 2. The largest absolute Gasteiger partial charge is 0.255 e. The molecule has 0 saturated heterocycles. The summed E-state index contributed by atoms with van der Waals surface area (Å²) in [5.41, 5.74) is 2.38. The minimum Gasteiger partial charge on any atom is -0.255 e. The minimum atomic E-state index is 0.613. The number of hydrogen-bond acceptors (Lipinski definition) is 2. The fourth-order valence-electron chi connectivity index (χ4n) is 1.20. The van der Waals surface area contributed by atoms with Crippen LogP contribution in [-0.2, 0) is 0 Å². The Morgan fingerprint density at radius 1 is 1.59 bits per heavy atom. The van der Waals surface area contributed by atoms with Crippen molar-refractivity contribution in [3.05, 3.63) is 47.4 Å². The molecule has 90 valence electrons. The smallest absolute Gasteiger partial charge is 0.0833 e. The SMILES string of the molecule is C=C(/C(=C/C)N=C(Br)CC)c1ccc(Cl)cn1. The molecule has 2 nitrogen and oxygen atoms in total. The van der Waals surface area contributed by atoms with Crippen LogP contribution in [0.4, 0.5) is 0 Å². The summed E-state index contributed by atoms with van der Waals surface area (Å²) >= 11 is 9.19. The maximum atomic E-state index is 5.79. The van der Waals surface area contributed by atoms with E-state index >= 15 is 0 Å². The van der Waals surface area contributed by atoms with Gasteiger partial charge in [0.1, 0.15) is 0 Å². The van der Waals surface area contributed by atoms with E-state index < -0.39 is 0 Å². The molecule has 1 aromatic heterocycles. The zero-order valence-corrected chi connectivity index (χ0v) is 12.2. The maximum Gasteiger partial charge on any atom is 0.0833 e. The van der Waals surface area contributed by atoms with Crippen molar-refractivity contribution in [1.29, 1.82) is 0 Å². The van der Waals surface area contributed by atoms with E-state index in [1.165, 1.54) is 0 Å². The molecule has 17 heavy (non-hydrogen) atoms. The summed E-state index contributed by atoms with van der Waals surface area (Å²) in [7, 11) is 0. The van der Waals surface area contributed by atoms with Crippen molar-refractivity contribution in [2.45, 2.75) is 20.3 Å². The van der Waals surface area contributed by atoms with Crippen LogP contribution in [0.15, 0.2) is 41.7 Å². The third kappa shape index (κ3) is 4.10. The molecule has 0 saturated carbocycles.